The molecule has 5 rings (SSSR count). The molecule has 8 nitrogen and oxygen atoms in total. The second-order valence-electron chi connectivity index (χ2n) is 9.62. The minimum atomic E-state index is -0.903. The predicted molar refractivity (Wildman–Crippen MR) is 133 cm³/mol. The third-order valence-corrected chi connectivity index (χ3v) is 7.48. The molecule has 0 saturated heterocycles. The summed E-state index contributed by atoms with van der Waals surface area (Å²) >= 11 is 0. The maximum atomic E-state index is 10.6. The average molecular weight is 487 g/mol. The van der Waals surface area contributed by atoms with Crippen LogP contribution in [0.1, 0.15) is 34.1 Å². The summed E-state index contributed by atoms with van der Waals surface area (Å²) < 4.78 is 18.2. The van der Waals surface area contributed by atoms with Gasteiger partial charge in [-0.05, 0) is 37.4 Å². The van der Waals surface area contributed by atoms with Gasteiger partial charge in [-0.3, -0.25) is 0 Å². The largest absolute Gasteiger partial charge is 0.481 e. The van der Waals surface area contributed by atoms with Gasteiger partial charge in [0.25, 0.3) is 0 Å². The SMILES string of the molecule is COc1cc2c(c(OC)n1)[C@@H]1[C@H](NO)[C@H](CN(C)C)[C@@H](c3ccccc3)[C@]1(c1ccc(C#N)cc1)O2. The van der Waals surface area contributed by atoms with Gasteiger partial charge in [-0.2, -0.15) is 10.2 Å². The van der Waals surface area contributed by atoms with E-state index >= 15 is 0 Å². The molecule has 3 aromatic rings. The van der Waals surface area contributed by atoms with Crippen molar-refractivity contribution < 1.29 is 19.4 Å². The van der Waals surface area contributed by atoms with Crippen molar-refractivity contribution in [1.82, 2.24) is 15.4 Å². The summed E-state index contributed by atoms with van der Waals surface area (Å²) in [5.41, 5.74) is 5.13. The lowest BCUT2D eigenvalue weighted by Gasteiger charge is -2.38. The second kappa shape index (κ2) is 9.43. The van der Waals surface area contributed by atoms with Crippen LogP contribution in [0.2, 0.25) is 0 Å². The zero-order valence-corrected chi connectivity index (χ0v) is 20.8. The Kier molecular flexibility index (Phi) is 6.31. The van der Waals surface area contributed by atoms with Crippen molar-refractivity contribution in [3.05, 3.63) is 82.9 Å². The third-order valence-electron chi connectivity index (χ3n) is 7.48. The van der Waals surface area contributed by atoms with Gasteiger partial charge in [0.1, 0.15) is 11.4 Å². The molecule has 1 aliphatic carbocycles. The fraction of sp³-hybridized carbons (Fsp3) is 0.357. The minimum Gasteiger partial charge on any atom is -0.481 e. The van der Waals surface area contributed by atoms with Crippen LogP contribution in [0.5, 0.6) is 17.5 Å². The van der Waals surface area contributed by atoms with E-state index in [2.05, 4.69) is 33.6 Å². The molecule has 186 valence electrons. The number of methoxy groups -OCH3 is 2. The number of hydrogen-bond donors (Lipinski definition) is 2. The molecule has 0 radical (unpaired) electrons. The maximum absolute atomic E-state index is 10.6. The molecule has 5 atom stereocenters. The Hall–Kier alpha value is -3.64. The van der Waals surface area contributed by atoms with Crippen LogP contribution < -0.4 is 19.7 Å². The number of hydrogen-bond acceptors (Lipinski definition) is 8. The number of aromatic nitrogens is 1. The van der Waals surface area contributed by atoms with Crippen molar-refractivity contribution in [2.75, 3.05) is 34.9 Å². The Balaban J connectivity index is 1.83. The van der Waals surface area contributed by atoms with E-state index in [0.29, 0.717) is 29.6 Å². The molecular formula is C28H30N4O4. The van der Waals surface area contributed by atoms with Crippen LogP contribution >= 0.6 is 0 Å². The van der Waals surface area contributed by atoms with Crippen LogP contribution in [-0.2, 0) is 5.60 Å². The number of rotatable bonds is 7. The highest BCUT2D eigenvalue weighted by Crippen LogP contribution is 2.67. The van der Waals surface area contributed by atoms with Gasteiger partial charge in [0, 0.05) is 30.5 Å². The predicted octanol–water partition coefficient (Wildman–Crippen LogP) is 3.66. The molecular weight excluding hydrogens is 456 g/mol. The number of pyridine rings is 1. The van der Waals surface area contributed by atoms with Crippen LogP contribution in [0, 0.1) is 17.2 Å². The van der Waals surface area contributed by atoms with Crippen LogP contribution in [0.25, 0.3) is 0 Å². The van der Waals surface area contributed by atoms with E-state index < -0.39 is 5.60 Å². The first-order chi connectivity index (χ1) is 17.5. The van der Waals surface area contributed by atoms with E-state index in [9.17, 15) is 10.5 Å². The van der Waals surface area contributed by atoms with Crippen LogP contribution in [-0.4, -0.2) is 56.0 Å². The number of nitrogens with one attached hydrogen (secondary N) is 1. The number of nitriles is 1. The summed E-state index contributed by atoms with van der Waals surface area (Å²) in [4.78, 5) is 6.69. The van der Waals surface area contributed by atoms with Crippen molar-refractivity contribution in [2.24, 2.45) is 5.92 Å². The first kappa shape index (κ1) is 24.1. The van der Waals surface area contributed by atoms with Crippen LogP contribution in [0.15, 0.2) is 60.7 Å². The maximum Gasteiger partial charge on any atom is 0.223 e. The van der Waals surface area contributed by atoms with Gasteiger partial charge in [-0.25, -0.2) is 5.48 Å². The normalized spacial score (nSPS) is 26.1. The lowest BCUT2D eigenvalue weighted by molar-refractivity contribution is 0.0490. The fourth-order valence-electron chi connectivity index (χ4n) is 6.24. The number of hydroxylamine groups is 1. The summed E-state index contributed by atoms with van der Waals surface area (Å²) in [5.74, 6) is 0.879. The molecule has 1 fully saturated rings. The lowest BCUT2D eigenvalue weighted by atomic mass is 9.73. The van der Waals surface area contributed by atoms with Crippen molar-refractivity contribution >= 4 is 0 Å². The van der Waals surface area contributed by atoms with Crippen LogP contribution in [0.4, 0.5) is 0 Å². The molecule has 1 saturated carbocycles. The highest BCUT2D eigenvalue weighted by molar-refractivity contribution is 5.58. The molecule has 2 aliphatic rings. The second-order valence-corrected chi connectivity index (χ2v) is 9.62. The van der Waals surface area contributed by atoms with E-state index in [0.717, 1.165) is 16.7 Å². The Morgan fingerprint density at radius 1 is 1.08 bits per heavy atom. The van der Waals surface area contributed by atoms with Crippen molar-refractivity contribution in [3.8, 4) is 23.6 Å². The lowest BCUT2D eigenvalue weighted by Crippen LogP contribution is -2.40. The van der Waals surface area contributed by atoms with Gasteiger partial charge in [-0.15, -0.1) is 0 Å². The topological polar surface area (TPSA) is 99.9 Å². The number of ether oxygens (including phenoxy) is 3. The molecule has 0 unspecified atom stereocenters. The summed E-state index contributed by atoms with van der Waals surface area (Å²) in [6, 6.07) is 21.4. The average Bonchev–Trinajstić information content (AvgIpc) is 3.37. The van der Waals surface area contributed by atoms with E-state index in [1.54, 1.807) is 20.3 Å². The third kappa shape index (κ3) is 3.59. The summed E-state index contributed by atoms with van der Waals surface area (Å²) in [6.45, 7) is 0.705. The minimum absolute atomic E-state index is 0.0343. The number of fused-ring (bicyclic) bond motifs is 3. The monoisotopic (exact) mass is 486 g/mol. The molecule has 0 amide bonds. The van der Waals surface area contributed by atoms with E-state index in [-0.39, 0.29) is 23.8 Å². The molecule has 1 aromatic heterocycles. The first-order valence-corrected chi connectivity index (χ1v) is 11.9. The van der Waals surface area contributed by atoms with Gasteiger partial charge in [0.2, 0.25) is 11.8 Å². The van der Waals surface area contributed by atoms with E-state index in [1.807, 2.05) is 56.6 Å². The quantitative estimate of drug-likeness (QED) is 0.488. The van der Waals surface area contributed by atoms with Crippen molar-refractivity contribution in [2.45, 2.75) is 23.5 Å². The number of benzene rings is 2. The number of nitrogens with zero attached hydrogens (tertiary/aromatic N) is 3. The molecule has 2 heterocycles. The zero-order valence-electron chi connectivity index (χ0n) is 20.8. The summed E-state index contributed by atoms with van der Waals surface area (Å²) in [7, 11) is 7.19. The first-order valence-electron chi connectivity index (χ1n) is 11.9. The molecule has 2 N–H and O–H groups in total. The smallest absolute Gasteiger partial charge is 0.223 e. The van der Waals surface area contributed by atoms with Crippen LogP contribution in [0.3, 0.4) is 0 Å². The molecule has 2 aromatic carbocycles. The Morgan fingerprint density at radius 3 is 2.39 bits per heavy atom. The molecule has 1 aliphatic heterocycles. The summed E-state index contributed by atoms with van der Waals surface area (Å²) in [6.07, 6.45) is 0. The zero-order chi connectivity index (χ0) is 25.4. The molecule has 36 heavy (non-hydrogen) atoms. The van der Waals surface area contributed by atoms with Gasteiger partial charge in [-0.1, -0.05) is 42.5 Å². The van der Waals surface area contributed by atoms with Gasteiger partial charge in [0.15, 0.2) is 0 Å². The van der Waals surface area contributed by atoms with E-state index in [1.165, 1.54) is 0 Å². The Morgan fingerprint density at radius 2 is 1.81 bits per heavy atom. The standard InChI is InChI=1S/C28H30N4O4/c1-32(2)16-20-24(18-8-6-5-7-9-18)28(19-12-10-17(15-29)11-13-19)25(26(20)31-33)23-21(36-28)14-22(34-3)30-27(23)35-4/h5-14,20,24-26,31,33H,16H2,1-4H3/t20-,24-,25-,26-,28+/m1/s1. The Bertz CT molecular complexity index is 1280. The van der Waals surface area contributed by atoms with Gasteiger partial charge in [0.05, 0.1) is 37.3 Å². The van der Waals surface area contributed by atoms with E-state index in [4.69, 9.17) is 14.2 Å². The molecule has 0 bridgehead atoms. The van der Waals surface area contributed by atoms with Crippen molar-refractivity contribution in [1.29, 1.82) is 5.26 Å². The molecule has 0 spiro atoms. The van der Waals surface area contributed by atoms with Crippen molar-refractivity contribution in [3.63, 3.8) is 0 Å². The highest BCUT2D eigenvalue weighted by atomic mass is 16.5. The van der Waals surface area contributed by atoms with Gasteiger partial charge >= 0.3 is 0 Å². The van der Waals surface area contributed by atoms with Gasteiger partial charge < -0.3 is 24.3 Å². The fourth-order valence-corrected chi connectivity index (χ4v) is 6.24. The Labute approximate surface area is 211 Å². The summed E-state index contributed by atoms with van der Waals surface area (Å²) in [5, 5.41) is 20.1. The highest BCUT2D eigenvalue weighted by Gasteiger charge is 2.68. The molecule has 8 heteroatoms.